The van der Waals surface area contributed by atoms with Gasteiger partial charge < -0.3 is 50.6 Å². The molecule has 4 aliphatic rings. The number of hydrogen-bond donors (Lipinski definition) is 7. The molecule has 4 heterocycles. The fourth-order valence-electron chi connectivity index (χ4n) is 7.51. The number of hydrogen-bond acceptors (Lipinski definition) is 10. The van der Waals surface area contributed by atoms with E-state index >= 15 is 0 Å². The van der Waals surface area contributed by atoms with Crippen molar-refractivity contribution in [1.29, 1.82) is 0 Å². The largest absolute Gasteiger partial charge is 0.493 e. The van der Waals surface area contributed by atoms with Crippen LogP contribution in [0.3, 0.4) is 0 Å². The monoisotopic (exact) mass is 751 g/mol. The third-order valence-electron chi connectivity index (χ3n) is 10.4. The number of nitrogens with one attached hydrogen (secondary N) is 3. The Bertz CT molecular complexity index is 1670. The normalized spacial score (nSPS) is 30.5. The second kappa shape index (κ2) is 18.3. The Morgan fingerprint density at radius 2 is 1.70 bits per heavy atom. The Hall–Kier alpha value is -4.34. The van der Waals surface area contributed by atoms with Crippen molar-refractivity contribution in [2.24, 2.45) is 5.92 Å². The summed E-state index contributed by atoms with van der Waals surface area (Å²) >= 11 is 0. The summed E-state index contributed by atoms with van der Waals surface area (Å²) in [6, 6.07) is 9.30. The molecule has 2 aromatic rings. The fourth-order valence-corrected chi connectivity index (χ4v) is 7.51. The van der Waals surface area contributed by atoms with E-state index in [-0.39, 0.29) is 24.3 Å². The molecule has 2 aromatic carbocycles. The van der Waals surface area contributed by atoms with E-state index in [2.05, 4.69) is 16.0 Å². The van der Waals surface area contributed by atoms with Crippen LogP contribution in [-0.2, 0) is 23.9 Å². The molecule has 0 spiro atoms. The minimum atomic E-state index is -2.04. The van der Waals surface area contributed by atoms with Gasteiger partial charge in [0, 0.05) is 38.5 Å². The highest BCUT2D eigenvalue weighted by atomic mass is 16.6. The van der Waals surface area contributed by atoms with Crippen molar-refractivity contribution >= 4 is 29.8 Å². The maximum atomic E-state index is 13.4. The van der Waals surface area contributed by atoms with Gasteiger partial charge >= 0.3 is 5.97 Å². The van der Waals surface area contributed by atoms with Crippen molar-refractivity contribution in [3.05, 3.63) is 70.3 Å². The molecule has 54 heavy (non-hydrogen) atoms. The number of aliphatic carboxylic acids is 1. The third kappa shape index (κ3) is 10.0. The van der Waals surface area contributed by atoms with Gasteiger partial charge in [-0.2, -0.15) is 0 Å². The Morgan fingerprint density at radius 3 is 2.39 bits per heavy atom. The van der Waals surface area contributed by atoms with Gasteiger partial charge in [-0.25, -0.2) is 4.79 Å². The van der Waals surface area contributed by atoms with Gasteiger partial charge in [-0.1, -0.05) is 30.4 Å². The predicted molar refractivity (Wildman–Crippen MR) is 198 cm³/mol. The van der Waals surface area contributed by atoms with Crippen molar-refractivity contribution in [1.82, 2.24) is 16.0 Å². The lowest BCUT2D eigenvalue weighted by molar-refractivity contribution is -0.226. The molecule has 1 unspecified atom stereocenters. The van der Waals surface area contributed by atoms with Gasteiger partial charge in [0.2, 0.25) is 11.8 Å². The molecule has 0 aromatic heterocycles. The molecule has 294 valence electrons. The van der Waals surface area contributed by atoms with Crippen molar-refractivity contribution < 1.29 is 53.8 Å². The number of fused-ring (bicyclic) bond motifs is 12. The molecule has 3 amide bonds. The average Bonchev–Trinajstić information content (AvgIpc) is 3.14. The van der Waals surface area contributed by atoms with Crippen LogP contribution in [-0.4, -0.2) is 107 Å². The van der Waals surface area contributed by atoms with Gasteiger partial charge in [-0.3, -0.25) is 14.4 Å². The number of carboxylic acids is 1. The summed E-state index contributed by atoms with van der Waals surface area (Å²) in [5.74, 6) is -2.17. The van der Waals surface area contributed by atoms with Crippen molar-refractivity contribution in [3.8, 4) is 5.75 Å². The lowest BCUT2D eigenvalue weighted by Crippen LogP contribution is -2.67. The summed E-state index contributed by atoms with van der Waals surface area (Å²) < 4.78 is 17.8. The van der Waals surface area contributed by atoms with Crippen molar-refractivity contribution in [3.63, 3.8) is 0 Å². The van der Waals surface area contributed by atoms with Gasteiger partial charge in [0.25, 0.3) is 5.91 Å². The first-order valence-corrected chi connectivity index (χ1v) is 18.7. The Kier molecular flexibility index (Phi) is 13.9. The maximum absolute atomic E-state index is 13.4. The predicted octanol–water partition coefficient (Wildman–Crippen LogP) is 2.48. The standard InChI is InChI=1S/C40H53N3O11/c1-23-17-29-18-24(2)35(23)53-16-5-4-13-30(43-38(49)28-12-8-15-52-22-28)27-11-6-9-26(19-27)10-7-14-40(39(50)51)20-31(45)33(42-25(3)44)36(54-40)34(47)32(46)21-41-37(29)48/h6-7,9-11,17-19,28,30-34,36,45-47H,4-5,8,12-16,20-22H2,1-3H3,(H,41,48)(H,42,44)(H,43,49)(H,50,51)/b10-7+/t28-,30+,31+,32-,33-,34-,36?,40-/m1/s1. The molecule has 2 fully saturated rings. The number of aliphatic hydroxyl groups is 3. The van der Waals surface area contributed by atoms with E-state index < -0.39 is 66.8 Å². The Balaban J connectivity index is 1.48. The molecule has 4 aliphatic heterocycles. The summed E-state index contributed by atoms with van der Waals surface area (Å²) in [5, 5.41) is 52.4. The van der Waals surface area contributed by atoms with E-state index in [4.69, 9.17) is 14.2 Å². The minimum Gasteiger partial charge on any atom is -0.493 e. The van der Waals surface area contributed by atoms with Gasteiger partial charge in [-0.05, 0) is 86.4 Å². The number of aryl methyl sites for hydroxylation is 2. The van der Waals surface area contributed by atoms with Crippen LogP contribution in [0.2, 0.25) is 0 Å². The van der Waals surface area contributed by atoms with Gasteiger partial charge in [0.15, 0.2) is 5.60 Å². The van der Waals surface area contributed by atoms with Gasteiger partial charge in [-0.15, -0.1) is 0 Å². The number of amides is 3. The van der Waals surface area contributed by atoms with Crippen LogP contribution in [0.4, 0.5) is 0 Å². The summed E-state index contributed by atoms with van der Waals surface area (Å²) in [6.45, 7) is 5.84. The van der Waals surface area contributed by atoms with E-state index in [0.29, 0.717) is 44.0 Å². The number of benzene rings is 2. The summed E-state index contributed by atoms with van der Waals surface area (Å²) in [5.41, 5.74) is 1.32. The molecule has 0 saturated carbocycles. The molecule has 14 heteroatoms. The zero-order valence-corrected chi connectivity index (χ0v) is 31.1. The lowest BCUT2D eigenvalue weighted by atomic mass is 9.81. The van der Waals surface area contributed by atoms with Crippen LogP contribution in [0.1, 0.15) is 90.5 Å². The number of ether oxygens (including phenoxy) is 3. The second-order valence-corrected chi connectivity index (χ2v) is 14.7. The zero-order valence-electron chi connectivity index (χ0n) is 31.1. The zero-order chi connectivity index (χ0) is 39.0. The average molecular weight is 752 g/mol. The molecule has 0 radical (unpaired) electrons. The molecule has 2 saturated heterocycles. The molecular formula is C40H53N3O11. The topological polar surface area (TPSA) is 213 Å². The van der Waals surface area contributed by atoms with Gasteiger partial charge in [0.1, 0.15) is 18.0 Å². The van der Waals surface area contributed by atoms with E-state index in [9.17, 15) is 39.6 Å². The molecular weight excluding hydrogens is 698 g/mol. The second-order valence-electron chi connectivity index (χ2n) is 14.7. The number of carbonyl (C=O) groups excluding carboxylic acids is 3. The first-order chi connectivity index (χ1) is 25.8. The fraction of sp³-hybridized carbons (Fsp3) is 0.550. The lowest BCUT2D eigenvalue weighted by Gasteiger charge is -2.47. The number of aliphatic hydroxyl groups excluding tert-OH is 3. The molecule has 0 aliphatic carbocycles. The minimum absolute atomic E-state index is 0.0729. The van der Waals surface area contributed by atoms with Crippen molar-refractivity contribution in [2.45, 2.75) is 108 Å². The van der Waals surface area contributed by atoms with E-state index in [1.165, 1.54) is 6.92 Å². The summed E-state index contributed by atoms with van der Waals surface area (Å²) in [7, 11) is 0. The highest BCUT2D eigenvalue weighted by molar-refractivity contribution is 5.95. The molecule has 7 N–H and O–H groups in total. The molecule has 8 atom stereocenters. The Morgan fingerprint density at radius 1 is 0.944 bits per heavy atom. The van der Waals surface area contributed by atoms with Crippen LogP contribution in [0, 0.1) is 19.8 Å². The molecule has 6 rings (SSSR count). The number of carboxylic acid groups (broad SMARTS) is 1. The summed E-state index contributed by atoms with van der Waals surface area (Å²) in [6.07, 6.45) is -0.243. The van der Waals surface area contributed by atoms with Crippen LogP contribution in [0.25, 0.3) is 6.08 Å². The molecule has 14 nitrogen and oxygen atoms in total. The van der Waals surface area contributed by atoms with E-state index in [0.717, 1.165) is 41.5 Å². The van der Waals surface area contributed by atoms with E-state index in [1.807, 2.05) is 38.1 Å². The van der Waals surface area contributed by atoms with Crippen LogP contribution in [0.15, 0.2) is 42.5 Å². The third-order valence-corrected chi connectivity index (χ3v) is 10.4. The molecule has 6 bridgehead atoms. The van der Waals surface area contributed by atoms with Gasteiger partial charge in [0.05, 0.1) is 43.4 Å². The number of rotatable bonds is 4. The summed E-state index contributed by atoms with van der Waals surface area (Å²) in [4.78, 5) is 51.5. The number of carbonyl (C=O) groups is 4. The quantitative estimate of drug-likeness (QED) is 0.241. The van der Waals surface area contributed by atoms with Crippen LogP contribution in [0.5, 0.6) is 5.75 Å². The van der Waals surface area contributed by atoms with Crippen LogP contribution >= 0.6 is 0 Å². The smallest absolute Gasteiger partial charge is 0.336 e. The van der Waals surface area contributed by atoms with Crippen molar-refractivity contribution in [2.75, 3.05) is 26.4 Å². The first-order valence-electron chi connectivity index (χ1n) is 18.7. The van der Waals surface area contributed by atoms with Crippen LogP contribution < -0.4 is 20.7 Å². The highest BCUT2D eigenvalue weighted by Gasteiger charge is 2.54. The Labute approximate surface area is 315 Å². The SMILES string of the molecule is CC(=O)N[C@H]1C2O[C@](C(=O)O)(C/C=C/c3cccc(c3)[C@@H](NC(=O)[C@@H]3CCCOC3)CCCCOc3c(C)cc(cc3C)C(=O)NC[C@@H](O)[C@H]2O)C[C@@H]1O. The first kappa shape index (κ1) is 40.8. The van der Waals surface area contributed by atoms with E-state index in [1.54, 1.807) is 24.3 Å². The highest BCUT2D eigenvalue weighted by Crippen LogP contribution is 2.36. The maximum Gasteiger partial charge on any atom is 0.336 e.